The molecule has 1 aliphatic heterocycles. The first-order valence-electron chi connectivity index (χ1n) is 7.82. The first-order valence-corrected chi connectivity index (χ1v) is 7.82. The van der Waals surface area contributed by atoms with Crippen LogP contribution in [0.4, 0.5) is 19.0 Å². The number of rotatable bonds is 3. The highest BCUT2D eigenvalue weighted by atomic mass is 19.4. The van der Waals surface area contributed by atoms with Crippen molar-refractivity contribution in [3.05, 3.63) is 53.5 Å². The third kappa shape index (κ3) is 4.06. The fourth-order valence-corrected chi connectivity index (χ4v) is 2.86. The van der Waals surface area contributed by atoms with E-state index in [4.69, 9.17) is 5.26 Å². The number of anilines is 1. The van der Waals surface area contributed by atoms with Crippen molar-refractivity contribution in [3.8, 4) is 6.07 Å². The van der Waals surface area contributed by atoms with E-state index in [2.05, 4.69) is 16.0 Å². The molecule has 3 heterocycles. The van der Waals surface area contributed by atoms with Crippen LogP contribution in [0.3, 0.4) is 0 Å². The smallest absolute Gasteiger partial charge is 0.354 e. The van der Waals surface area contributed by atoms with E-state index in [1.165, 1.54) is 12.1 Å². The van der Waals surface area contributed by atoms with Crippen LogP contribution < -0.4 is 4.90 Å². The summed E-state index contributed by atoms with van der Waals surface area (Å²) in [6.45, 7) is 2.73. The maximum atomic E-state index is 13.0. The van der Waals surface area contributed by atoms with Gasteiger partial charge in [0.2, 0.25) is 0 Å². The van der Waals surface area contributed by atoms with Crippen molar-refractivity contribution >= 4 is 5.82 Å². The second kappa shape index (κ2) is 7.07. The molecule has 0 N–H and O–H groups in total. The highest BCUT2D eigenvalue weighted by Crippen LogP contribution is 2.30. The Labute approximate surface area is 143 Å². The van der Waals surface area contributed by atoms with E-state index >= 15 is 0 Å². The molecule has 1 aliphatic rings. The second-order valence-electron chi connectivity index (χ2n) is 5.79. The van der Waals surface area contributed by atoms with Crippen LogP contribution >= 0.6 is 0 Å². The molecule has 0 saturated carbocycles. The minimum atomic E-state index is -4.44. The maximum absolute atomic E-state index is 13.0. The number of halogens is 3. The molecule has 130 valence electrons. The molecule has 0 bridgehead atoms. The largest absolute Gasteiger partial charge is 0.433 e. The number of hydrogen-bond donors (Lipinski definition) is 0. The number of hydrogen-bond acceptors (Lipinski definition) is 5. The summed E-state index contributed by atoms with van der Waals surface area (Å²) in [7, 11) is 0. The van der Waals surface area contributed by atoms with Gasteiger partial charge in [0.1, 0.15) is 11.5 Å². The SMILES string of the molecule is N#Cc1ccnc(N2CCN(Cc3cccnc3C(F)(F)F)CC2)c1. The Morgan fingerprint density at radius 1 is 1.08 bits per heavy atom. The standard InChI is InChI=1S/C17H16F3N5/c18-17(19,20)16-14(2-1-4-23-16)12-24-6-8-25(9-7-24)15-10-13(11-21)3-5-22-15/h1-5,10H,6-9,12H2. The molecule has 0 aliphatic carbocycles. The van der Waals surface area contributed by atoms with Crippen LogP contribution in [-0.2, 0) is 12.7 Å². The average Bonchev–Trinajstić information content (AvgIpc) is 2.62. The van der Waals surface area contributed by atoms with Gasteiger partial charge in [-0.3, -0.25) is 9.88 Å². The summed E-state index contributed by atoms with van der Waals surface area (Å²) >= 11 is 0. The third-order valence-electron chi connectivity index (χ3n) is 4.12. The molecule has 1 saturated heterocycles. The monoisotopic (exact) mass is 347 g/mol. The summed E-state index contributed by atoms with van der Waals surface area (Å²) in [5.41, 5.74) is -0.0912. The van der Waals surface area contributed by atoms with Crippen molar-refractivity contribution in [3.63, 3.8) is 0 Å². The van der Waals surface area contributed by atoms with Crippen molar-refractivity contribution in [2.75, 3.05) is 31.1 Å². The van der Waals surface area contributed by atoms with Gasteiger partial charge in [-0.25, -0.2) is 4.98 Å². The summed E-state index contributed by atoms with van der Waals surface area (Å²) in [5, 5.41) is 8.96. The molecule has 25 heavy (non-hydrogen) atoms. The molecule has 2 aromatic heterocycles. The zero-order chi connectivity index (χ0) is 17.9. The van der Waals surface area contributed by atoms with E-state index in [9.17, 15) is 13.2 Å². The van der Waals surface area contributed by atoms with Gasteiger partial charge in [0.05, 0.1) is 11.6 Å². The molecule has 0 unspecified atom stereocenters. The van der Waals surface area contributed by atoms with E-state index in [1.54, 1.807) is 18.3 Å². The van der Waals surface area contributed by atoms with E-state index in [-0.39, 0.29) is 12.1 Å². The van der Waals surface area contributed by atoms with Crippen LogP contribution in [0.2, 0.25) is 0 Å². The lowest BCUT2D eigenvalue weighted by atomic mass is 10.1. The Morgan fingerprint density at radius 2 is 1.84 bits per heavy atom. The van der Waals surface area contributed by atoms with E-state index < -0.39 is 11.9 Å². The second-order valence-corrected chi connectivity index (χ2v) is 5.79. The van der Waals surface area contributed by atoms with Gasteiger partial charge in [0.25, 0.3) is 0 Å². The van der Waals surface area contributed by atoms with E-state index in [1.807, 2.05) is 9.80 Å². The molecule has 5 nitrogen and oxygen atoms in total. The maximum Gasteiger partial charge on any atom is 0.433 e. The van der Waals surface area contributed by atoms with Gasteiger partial charge in [-0.15, -0.1) is 0 Å². The Hall–Kier alpha value is -2.66. The topological polar surface area (TPSA) is 56.1 Å². The summed E-state index contributed by atoms with van der Waals surface area (Å²) in [4.78, 5) is 11.8. The molecule has 0 aromatic carbocycles. The van der Waals surface area contributed by atoms with Gasteiger partial charge in [0, 0.05) is 45.1 Å². The Bertz CT molecular complexity index is 776. The number of nitriles is 1. The van der Waals surface area contributed by atoms with E-state index in [0.29, 0.717) is 31.7 Å². The molecule has 0 atom stereocenters. The molecular formula is C17H16F3N5. The fraction of sp³-hybridized carbons (Fsp3) is 0.353. The molecule has 0 amide bonds. The first kappa shape index (κ1) is 17.2. The van der Waals surface area contributed by atoms with Crippen molar-refractivity contribution in [1.29, 1.82) is 5.26 Å². The lowest BCUT2D eigenvalue weighted by Gasteiger charge is -2.35. The first-order chi connectivity index (χ1) is 12.0. The number of alkyl halides is 3. The summed E-state index contributed by atoms with van der Waals surface area (Å²) in [6, 6.07) is 8.44. The molecular weight excluding hydrogens is 331 g/mol. The van der Waals surface area contributed by atoms with Gasteiger partial charge in [-0.1, -0.05) is 6.07 Å². The number of nitrogens with zero attached hydrogens (tertiary/aromatic N) is 5. The van der Waals surface area contributed by atoms with Gasteiger partial charge in [0.15, 0.2) is 0 Å². The normalized spacial score (nSPS) is 15.8. The van der Waals surface area contributed by atoms with Crippen LogP contribution in [0.15, 0.2) is 36.7 Å². The highest BCUT2D eigenvalue weighted by molar-refractivity contribution is 5.45. The molecule has 8 heteroatoms. The number of pyridine rings is 2. The zero-order valence-electron chi connectivity index (χ0n) is 13.4. The van der Waals surface area contributed by atoms with E-state index in [0.717, 1.165) is 12.0 Å². The van der Waals surface area contributed by atoms with Crippen LogP contribution in [0.1, 0.15) is 16.8 Å². The van der Waals surface area contributed by atoms with Gasteiger partial charge >= 0.3 is 6.18 Å². The number of piperazine rings is 1. The van der Waals surface area contributed by atoms with Crippen LogP contribution in [0, 0.1) is 11.3 Å². The highest BCUT2D eigenvalue weighted by Gasteiger charge is 2.35. The molecule has 2 aromatic rings. The van der Waals surface area contributed by atoms with Crippen LogP contribution in [-0.4, -0.2) is 41.0 Å². The van der Waals surface area contributed by atoms with Crippen LogP contribution in [0.25, 0.3) is 0 Å². The van der Waals surface area contributed by atoms with Crippen molar-refractivity contribution in [1.82, 2.24) is 14.9 Å². The molecule has 0 spiro atoms. The molecule has 1 fully saturated rings. The van der Waals surface area contributed by atoms with Gasteiger partial charge in [-0.05, 0) is 23.8 Å². The number of aromatic nitrogens is 2. The summed E-state index contributed by atoms with van der Waals surface area (Å²) in [5.74, 6) is 0.719. The van der Waals surface area contributed by atoms with Gasteiger partial charge < -0.3 is 4.90 Å². The predicted octanol–water partition coefficient (Wildman–Crippen LogP) is 2.69. The Morgan fingerprint density at radius 3 is 2.52 bits per heavy atom. The lowest BCUT2D eigenvalue weighted by Crippen LogP contribution is -2.46. The zero-order valence-corrected chi connectivity index (χ0v) is 13.4. The Kier molecular flexibility index (Phi) is 4.86. The van der Waals surface area contributed by atoms with Crippen molar-refractivity contribution in [2.45, 2.75) is 12.7 Å². The summed E-state index contributed by atoms with van der Waals surface area (Å²) in [6.07, 6.45) is -1.69. The van der Waals surface area contributed by atoms with Crippen molar-refractivity contribution in [2.24, 2.45) is 0 Å². The predicted molar refractivity (Wildman–Crippen MR) is 85.7 cm³/mol. The summed E-state index contributed by atoms with van der Waals surface area (Å²) < 4.78 is 39.1. The minimum absolute atomic E-state index is 0.188. The Balaban J connectivity index is 1.65. The van der Waals surface area contributed by atoms with Crippen molar-refractivity contribution < 1.29 is 13.2 Å². The third-order valence-corrected chi connectivity index (χ3v) is 4.12. The average molecular weight is 347 g/mol. The minimum Gasteiger partial charge on any atom is -0.354 e. The quantitative estimate of drug-likeness (QED) is 0.854. The van der Waals surface area contributed by atoms with Gasteiger partial charge in [-0.2, -0.15) is 18.4 Å². The van der Waals surface area contributed by atoms with Crippen LogP contribution in [0.5, 0.6) is 0 Å². The lowest BCUT2D eigenvalue weighted by molar-refractivity contribution is -0.142. The molecule has 0 radical (unpaired) electrons. The molecule has 3 rings (SSSR count). The fourth-order valence-electron chi connectivity index (χ4n) is 2.86.